The van der Waals surface area contributed by atoms with Crippen LogP contribution in [0.3, 0.4) is 0 Å². The third-order valence-electron chi connectivity index (χ3n) is 5.46. The van der Waals surface area contributed by atoms with Crippen LogP contribution in [0.5, 0.6) is 11.5 Å². The standard InChI is InChI=1S/C28H37NO4/c1-2-3-4-5-6-7-8-9-10-12-15-23(28(31)32)22-27(30)29-24-18-20-26(21-19-24)33-25-16-13-11-14-17-25/h10-14,16-21,23H,2-9,15,22H2,1H3,(H,29,30)(H,31,32). The van der Waals surface area contributed by atoms with Gasteiger partial charge in [0.15, 0.2) is 0 Å². The second-order valence-electron chi connectivity index (χ2n) is 8.34. The summed E-state index contributed by atoms with van der Waals surface area (Å²) in [4.78, 5) is 23.9. The number of hydrogen-bond donors (Lipinski definition) is 2. The van der Waals surface area contributed by atoms with Crippen LogP contribution in [-0.2, 0) is 9.59 Å². The van der Waals surface area contributed by atoms with E-state index in [4.69, 9.17) is 4.74 Å². The van der Waals surface area contributed by atoms with Gasteiger partial charge in [0.1, 0.15) is 11.5 Å². The number of para-hydroxylation sites is 1. The number of carbonyl (C=O) groups excluding carboxylic acids is 1. The summed E-state index contributed by atoms with van der Waals surface area (Å²) in [6, 6.07) is 16.5. The first-order valence-corrected chi connectivity index (χ1v) is 12.1. The zero-order valence-electron chi connectivity index (χ0n) is 19.7. The Morgan fingerprint density at radius 3 is 2.18 bits per heavy atom. The van der Waals surface area contributed by atoms with Crippen molar-refractivity contribution in [2.24, 2.45) is 5.92 Å². The van der Waals surface area contributed by atoms with E-state index in [0.717, 1.165) is 18.6 Å². The largest absolute Gasteiger partial charge is 0.481 e. The fraction of sp³-hybridized carbons (Fsp3) is 0.429. The molecule has 0 heterocycles. The lowest BCUT2D eigenvalue weighted by atomic mass is 10.00. The Labute approximate surface area is 197 Å². The highest BCUT2D eigenvalue weighted by Gasteiger charge is 2.20. The fourth-order valence-electron chi connectivity index (χ4n) is 3.54. The van der Waals surface area contributed by atoms with Crippen LogP contribution in [0.4, 0.5) is 5.69 Å². The van der Waals surface area contributed by atoms with Crippen LogP contribution in [0.15, 0.2) is 66.7 Å². The Morgan fingerprint density at radius 2 is 1.52 bits per heavy atom. The minimum absolute atomic E-state index is 0.0562. The molecule has 0 saturated heterocycles. The minimum atomic E-state index is -0.947. The van der Waals surface area contributed by atoms with E-state index in [-0.39, 0.29) is 12.3 Å². The Hall–Kier alpha value is -3.08. The van der Waals surface area contributed by atoms with Gasteiger partial charge in [0, 0.05) is 12.1 Å². The van der Waals surface area contributed by atoms with Crippen LogP contribution < -0.4 is 10.1 Å². The van der Waals surface area contributed by atoms with Crippen LogP contribution in [0.2, 0.25) is 0 Å². The van der Waals surface area contributed by atoms with Crippen LogP contribution in [0, 0.1) is 5.92 Å². The molecule has 1 atom stereocenters. The number of nitrogens with one attached hydrogen (secondary N) is 1. The molecule has 0 fully saturated rings. The molecule has 1 amide bonds. The van der Waals surface area contributed by atoms with Gasteiger partial charge in [-0.15, -0.1) is 0 Å². The molecule has 0 spiro atoms. The van der Waals surface area contributed by atoms with Gasteiger partial charge >= 0.3 is 5.97 Å². The number of rotatable bonds is 16. The predicted octanol–water partition coefficient (Wildman–Crippen LogP) is 7.60. The number of benzene rings is 2. The smallest absolute Gasteiger partial charge is 0.307 e. The number of carboxylic acid groups (broad SMARTS) is 1. The van der Waals surface area contributed by atoms with Gasteiger partial charge in [0.2, 0.25) is 5.91 Å². The van der Waals surface area contributed by atoms with Gasteiger partial charge in [-0.25, -0.2) is 0 Å². The van der Waals surface area contributed by atoms with E-state index in [9.17, 15) is 14.7 Å². The quantitative estimate of drug-likeness (QED) is 0.203. The van der Waals surface area contributed by atoms with Crippen LogP contribution >= 0.6 is 0 Å². The molecule has 0 aliphatic heterocycles. The summed E-state index contributed by atoms with van der Waals surface area (Å²) in [5.74, 6) is -0.583. The molecule has 2 rings (SSSR count). The maximum atomic E-state index is 12.4. The van der Waals surface area contributed by atoms with Crippen molar-refractivity contribution in [3.63, 3.8) is 0 Å². The molecule has 2 aromatic rings. The number of allylic oxidation sites excluding steroid dienone is 2. The van der Waals surface area contributed by atoms with Crippen molar-refractivity contribution in [1.82, 2.24) is 0 Å². The van der Waals surface area contributed by atoms with Gasteiger partial charge in [-0.05, 0) is 55.7 Å². The average Bonchev–Trinajstić information content (AvgIpc) is 2.81. The summed E-state index contributed by atoms with van der Waals surface area (Å²) in [5, 5.41) is 12.3. The molecule has 0 radical (unpaired) electrons. The highest BCUT2D eigenvalue weighted by Crippen LogP contribution is 2.23. The summed E-state index contributed by atoms with van der Waals surface area (Å²) >= 11 is 0. The van der Waals surface area contributed by atoms with E-state index in [2.05, 4.69) is 12.2 Å². The van der Waals surface area contributed by atoms with Crippen molar-refractivity contribution in [1.29, 1.82) is 0 Å². The molecule has 2 N–H and O–H groups in total. The summed E-state index contributed by atoms with van der Waals surface area (Å²) in [6.45, 7) is 2.22. The van der Waals surface area contributed by atoms with Crippen molar-refractivity contribution in [2.45, 2.75) is 71.1 Å². The first-order chi connectivity index (χ1) is 16.1. The van der Waals surface area contributed by atoms with E-state index < -0.39 is 11.9 Å². The second-order valence-corrected chi connectivity index (χ2v) is 8.34. The number of ether oxygens (including phenoxy) is 1. The molecule has 0 saturated carbocycles. The first-order valence-electron chi connectivity index (χ1n) is 12.1. The number of aliphatic carboxylic acids is 1. The van der Waals surface area contributed by atoms with Gasteiger partial charge in [-0.3, -0.25) is 9.59 Å². The lowest BCUT2D eigenvalue weighted by Gasteiger charge is -2.11. The fourth-order valence-corrected chi connectivity index (χ4v) is 3.54. The molecule has 5 nitrogen and oxygen atoms in total. The molecule has 0 aliphatic rings. The van der Waals surface area contributed by atoms with Gasteiger partial charge in [-0.2, -0.15) is 0 Å². The van der Waals surface area contributed by atoms with Crippen LogP contribution in [-0.4, -0.2) is 17.0 Å². The highest BCUT2D eigenvalue weighted by atomic mass is 16.5. The van der Waals surface area contributed by atoms with E-state index in [1.807, 2.05) is 42.5 Å². The number of anilines is 1. The van der Waals surface area contributed by atoms with Gasteiger partial charge in [-0.1, -0.05) is 75.8 Å². The van der Waals surface area contributed by atoms with Crippen molar-refractivity contribution in [3.05, 3.63) is 66.7 Å². The van der Waals surface area contributed by atoms with Crippen molar-refractivity contribution < 1.29 is 19.4 Å². The monoisotopic (exact) mass is 451 g/mol. The van der Waals surface area contributed by atoms with Crippen molar-refractivity contribution >= 4 is 17.6 Å². The molecule has 33 heavy (non-hydrogen) atoms. The lowest BCUT2D eigenvalue weighted by molar-refractivity contribution is -0.143. The number of carboxylic acids is 1. The van der Waals surface area contributed by atoms with Crippen molar-refractivity contribution in [2.75, 3.05) is 5.32 Å². The molecular weight excluding hydrogens is 414 g/mol. The normalized spacial score (nSPS) is 11.9. The van der Waals surface area contributed by atoms with Crippen LogP contribution in [0.1, 0.15) is 71.1 Å². The number of amides is 1. The molecule has 2 aromatic carbocycles. The van der Waals surface area contributed by atoms with Crippen LogP contribution in [0.25, 0.3) is 0 Å². The van der Waals surface area contributed by atoms with Gasteiger partial charge in [0.05, 0.1) is 5.92 Å². The molecule has 0 aromatic heterocycles. The SMILES string of the molecule is CCCCCCCCCC=CCC(CC(=O)Nc1ccc(Oc2ccccc2)cc1)C(=O)O. The zero-order valence-corrected chi connectivity index (χ0v) is 19.7. The summed E-state index contributed by atoms with van der Waals surface area (Å²) in [6.07, 6.45) is 14.0. The molecular formula is C28H37NO4. The highest BCUT2D eigenvalue weighted by molar-refractivity contribution is 5.93. The average molecular weight is 452 g/mol. The molecule has 178 valence electrons. The summed E-state index contributed by atoms with van der Waals surface area (Å²) in [5.41, 5.74) is 0.610. The Balaban J connectivity index is 1.70. The first kappa shape index (κ1) is 26.2. The second kappa shape index (κ2) is 15.7. The zero-order chi connectivity index (χ0) is 23.7. The van der Waals surface area contributed by atoms with E-state index in [0.29, 0.717) is 17.9 Å². The Morgan fingerprint density at radius 1 is 0.879 bits per heavy atom. The predicted molar refractivity (Wildman–Crippen MR) is 134 cm³/mol. The Kier molecular flexibility index (Phi) is 12.4. The minimum Gasteiger partial charge on any atom is -0.481 e. The molecule has 1 unspecified atom stereocenters. The maximum absolute atomic E-state index is 12.4. The third kappa shape index (κ3) is 11.4. The number of hydrogen-bond acceptors (Lipinski definition) is 3. The number of unbranched alkanes of at least 4 members (excludes halogenated alkanes) is 7. The van der Waals surface area contributed by atoms with E-state index >= 15 is 0 Å². The number of carbonyl (C=O) groups is 2. The summed E-state index contributed by atoms with van der Waals surface area (Å²) in [7, 11) is 0. The third-order valence-corrected chi connectivity index (χ3v) is 5.46. The topological polar surface area (TPSA) is 75.6 Å². The molecule has 5 heteroatoms. The van der Waals surface area contributed by atoms with E-state index in [1.54, 1.807) is 24.3 Å². The van der Waals surface area contributed by atoms with Gasteiger partial charge in [0.25, 0.3) is 0 Å². The summed E-state index contributed by atoms with van der Waals surface area (Å²) < 4.78 is 5.74. The van der Waals surface area contributed by atoms with E-state index in [1.165, 1.54) is 38.5 Å². The maximum Gasteiger partial charge on any atom is 0.307 e. The lowest BCUT2D eigenvalue weighted by Crippen LogP contribution is -2.21. The molecule has 0 aliphatic carbocycles. The molecule has 0 bridgehead atoms. The van der Waals surface area contributed by atoms with Crippen molar-refractivity contribution in [3.8, 4) is 11.5 Å². The van der Waals surface area contributed by atoms with Gasteiger partial charge < -0.3 is 15.2 Å². The Bertz CT molecular complexity index is 846.